The van der Waals surface area contributed by atoms with Gasteiger partial charge in [0.2, 0.25) is 0 Å². The van der Waals surface area contributed by atoms with Crippen molar-refractivity contribution >= 4 is 16.9 Å². The topological polar surface area (TPSA) is 56.1 Å². The summed E-state index contributed by atoms with van der Waals surface area (Å²) in [6.45, 7) is 2.63. The molecule has 3 aromatic rings. The van der Waals surface area contributed by atoms with Crippen LogP contribution in [0.3, 0.4) is 0 Å². The molecule has 0 bridgehead atoms. The lowest BCUT2D eigenvalue weighted by Gasteiger charge is -2.40. The summed E-state index contributed by atoms with van der Waals surface area (Å²) < 4.78 is 7.78. The van der Waals surface area contributed by atoms with E-state index in [1.807, 2.05) is 29.9 Å². The van der Waals surface area contributed by atoms with Crippen LogP contribution in [0.25, 0.3) is 11.0 Å². The lowest BCUT2D eigenvalue weighted by atomic mass is 10.0. The Bertz CT molecular complexity index is 780. The molecule has 0 radical (unpaired) electrons. The van der Waals surface area contributed by atoms with E-state index in [0.29, 0.717) is 12.5 Å². The SMILES string of the molecule is Cn1ccc2c(N3CC(COc4cccnc4)C3)ncnc21. The summed E-state index contributed by atoms with van der Waals surface area (Å²) >= 11 is 0. The Balaban J connectivity index is 1.40. The number of hydrogen-bond donors (Lipinski definition) is 0. The van der Waals surface area contributed by atoms with E-state index in [1.54, 1.807) is 18.7 Å². The Morgan fingerprint density at radius 3 is 3.00 bits per heavy atom. The first kappa shape index (κ1) is 13.1. The van der Waals surface area contributed by atoms with Gasteiger partial charge in [-0.15, -0.1) is 0 Å². The summed E-state index contributed by atoms with van der Waals surface area (Å²) in [6.07, 6.45) is 7.15. The summed E-state index contributed by atoms with van der Waals surface area (Å²) in [5, 5.41) is 1.11. The van der Waals surface area contributed by atoms with Crippen molar-refractivity contribution in [3.63, 3.8) is 0 Å². The van der Waals surface area contributed by atoms with E-state index >= 15 is 0 Å². The van der Waals surface area contributed by atoms with Crippen LogP contribution in [0.5, 0.6) is 5.75 Å². The van der Waals surface area contributed by atoms with Gasteiger partial charge in [-0.25, -0.2) is 9.97 Å². The van der Waals surface area contributed by atoms with Gasteiger partial charge in [0.15, 0.2) is 0 Å². The van der Waals surface area contributed by atoms with E-state index in [1.165, 1.54) is 0 Å². The fourth-order valence-electron chi connectivity index (χ4n) is 2.81. The molecular weight excluding hydrogens is 278 g/mol. The zero-order chi connectivity index (χ0) is 14.9. The quantitative estimate of drug-likeness (QED) is 0.735. The number of hydrogen-bond acceptors (Lipinski definition) is 5. The van der Waals surface area contributed by atoms with Crippen molar-refractivity contribution in [1.82, 2.24) is 19.5 Å². The van der Waals surface area contributed by atoms with Crippen molar-refractivity contribution in [3.05, 3.63) is 43.1 Å². The molecule has 0 atom stereocenters. The number of anilines is 1. The predicted molar refractivity (Wildman–Crippen MR) is 83.9 cm³/mol. The van der Waals surface area contributed by atoms with Crippen LogP contribution in [-0.2, 0) is 7.05 Å². The summed E-state index contributed by atoms with van der Waals surface area (Å²) in [5.74, 6) is 2.37. The van der Waals surface area contributed by atoms with E-state index in [0.717, 1.165) is 35.7 Å². The van der Waals surface area contributed by atoms with Gasteiger partial charge in [-0.1, -0.05) is 0 Å². The monoisotopic (exact) mass is 295 g/mol. The smallest absolute Gasteiger partial charge is 0.145 e. The summed E-state index contributed by atoms with van der Waals surface area (Å²) in [7, 11) is 2.00. The molecule has 0 N–H and O–H groups in total. The van der Waals surface area contributed by atoms with Crippen molar-refractivity contribution in [2.45, 2.75) is 0 Å². The van der Waals surface area contributed by atoms with Crippen molar-refractivity contribution in [2.24, 2.45) is 13.0 Å². The third-order valence-corrected chi connectivity index (χ3v) is 4.02. The van der Waals surface area contributed by atoms with Crippen LogP contribution < -0.4 is 9.64 Å². The second-order valence-electron chi connectivity index (χ2n) is 5.63. The average molecular weight is 295 g/mol. The molecule has 6 nitrogen and oxygen atoms in total. The molecule has 0 aliphatic carbocycles. The van der Waals surface area contributed by atoms with Gasteiger partial charge in [-0.05, 0) is 18.2 Å². The van der Waals surface area contributed by atoms with Gasteiger partial charge in [0.1, 0.15) is 23.5 Å². The molecule has 0 spiro atoms. The van der Waals surface area contributed by atoms with Crippen LogP contribution in [-0.4, -0.2) is 39.2 Å². The van der Waals surface area contributed by atoms with E-state index in [-0.39, 0.29) is 0 Å². The average Bonchev–Trinajstić information content (AvgIpc) is 2.89. The van der Waals surface area contributed by atoms with Gasteiger partial charge in [0, 0.05) is 38.4 Å². The molecule has 22 heavy (non-hydrogen) atoms. The molecule has 1 aliphatic heterocycles. The lowest BCUT2D eigenvalue weighted by molar-refractivity contribution is 0.220. The molecule has 1 saturated heterocycles. The second kappa shape index (κ2) is 5.29. The third-order valence-electron chi connectivity index (χ3n) is 4.02. The molecule has 0 unspecified atom stereocenters. The van der Waals surface area contributed by atoms with Crippen molar-refractivity contribution < 1.29 is 4.74 Å². The highest BCUT2D eigenvalue weighted by Gasteiger charge is 2.29. The van der Waals surface area contributed by atoms with Gasteiger partial charge >= 0.3 is 0 Å². The van der Waals surface area contributed by atoms with Crippen molar-refractivity contribution in [3.8, 4) is 5.75 Å². The number of rotatable bonds is 4. The number of aryl methyl sites for hydroxylation is 1. The Morgan fingerprint density at radius 2 is 2.18 bits per heavy atom. The minimum absolute atomic E-state index is 0.522. The van der Waals surface area contributed by atoms with Gasteiger partial charge < -0.3 is 14.2 Å². The highest BCUT2D eigenvalue weighted by molar-refractivity contribution is 5.88. The zero-order valence-electron chi connectivity index (χ0n) is 12.4. The van der Waals surface area contributed by atoms with Gasteiger partial charge in [0.05, 0.1) is 18.2 Å². The maximum Gasteiger partial charge on any atom is 0.145 e. The molecular formula is C16H17N5O. The highest BCUT2D eigenvalue weighted by atomic mass is 16.5. The van der Waals surface area contributed by atoms with E-state index in [4.69, 9.17) is 4.74 Å². The molecule has 6 heteroatoms. The molecule has 1 aliphatic rings. The summed E-state index contributed by atoms with van der Waals surface area (Å²) in [5.41, 5.74) is 0.972. The van der Waals surface area contributed by atoms with Crippen molar-refractivity contribution in [1.29, 1.82) is 0 Å². The van der Waals surface area contributed by atoms with E-state index < -0.39 is 0 Å². The van der Waals surface area contributed by atoms with Crippen LogP contribution in [0.2, 0.25) is 0 Å². The zero-order valence-corrected chi connectivity index (χ0v) is 12.4. The molecule has 4 heterocycles. The Labute approximate surface area is 128 Å². The van der Waals surface area contributed by atoms with Crippen LogP contribution in [0.4, 0.5) is 5.82 Å². The fourth-order valence-corrected chi connectivity index (χ4v) is 2.81. The maximum absolute atomic E-state index is 5.76. The first-order valence-corrected chi connectivity index (χ1v) is 7.35. The number of nitrogens with zero attached hydrogens (tertiary/aromatic N) is 5. The minimum atomic E-state index is 0.522. The Morgan fingerprint density at radius 1 is 1.27 bits per heavy atom. The van der Waals surface area contributed by atoms with Crippen LogP contribution >= 0.6 is 0 Å². The third kappa shape index (κ3) is 2.26. The van der Waals surface area contributed by atoms with Crippen LogP contribution in [0.1, 0.15) is 0 Å². The first-order chi connectivity index (χ1) is 10.8. The second-order valence-corrected chi connectivity index (χ2v) is 5.63. The summed E-state index contributed by atoms with van der Waals surface area (Å²) in [6, 6.07) is 5.89. The van der Waals surface area contributed by atoms with Gasteiger partial charge in [-0.3, -0.25) is 4.98 Å². The largest absolute Gasteiger partial charge is 0.492 e. The fraction of sp³-hybridized carbons (Fsp3) is 0.312. The molecule has 1 fully saturated rings. The predicted octanol–water partition coefficient (Wildman–Crippen LogP) is 1.88. The normalized spacial score (nSPS) is 15.0. The van der Waals surface area contributed by atoms with Gasteiger partial charge in [-0.2, -0.15) is 0 Å². The lowest BCUT2D eigenvalue weighted by Crippen LogP contribution is -2.49. The van der Waals surface area contributed by atoms with Gasteiger partial charge in [0.25, 0.3) is 0 Å². The molecule has 0 saturated carbocycles. The van der Waals surface area contributed by atoms with E-state index in [9.17, 15) is 0 Å². The number of fused-ring (bicyclic) bond motifs is 1. The minimum Gasteiger partial charge on any atom is -0.492 e. The van der Waals surface area contributed by atoms with Crippen LogP contribution in [0, 0.1) is 5.92 Å². The van der Waals surface area contributed by atoms with Crippen LogP contribution in [0.15, 0.2) is 43.1 Å². The maximum atomic E-state index is 5.76. The Hall–Kier alpha value is -2.63. The van der Waals surface area contributed by atoms with E-state index in [2.05, 4.69) is 25.9 Å². The highest BCUT2D eigenvalue weighted by Crippen LogP contribution is 2.29. The molecule has 3 aromatic heterocycles. The number of pyridine rings is 1. The Kier molecular flexibility index (Phi) is 3.14. The number of aromatic nitrogens is 4. The number of ether oxygens (including phenoxy) is 1. The summed E-state index contributed by atoms with van der Waals surface area (Å²) in [4.78, 5) is 15.1. The molecule has 112 valence electrons. The molecule has 4 rings (SSSR count). The standard InChI is InChI=1S/C16H17N5O/c1-20-6-4-14-15(20)18-11-19-16(14)21-8-12(9-21)10-22-13-3-2-5-17-7-13/h2-7,11-12H,8-10H2,1H3. The molecule has 0 aromatic carbocycles. The first-order valence-electron chi connectivity index (χ1n) is 7.35. The molecule has 0 amide bonds. The van der Waals surface area contributed by atoms with Crippen molar-refractivity contribution in [2.75, 3.05) is 24.6 Å².